The van der Waals surface area contributed by atoms with Crippen LogP contribution in [-0.4, -0.2) is 54.0 Å². The number of anilines is 2. The van der Waals surface area contributed by atoms with Crippen LogP contribution in [0.4, 0.5) is 11.6 Å². The predicted octanol–water partition coefficient (Wildman–Crippen LogP) is 1.97. The second kappa shape index (κ2) is 7.54. The van der Waals surface area contributed by atoms with Gasteiger partial charge in [-0.3, -0.25) is 4.79 Å². The summed E-state index contributed by atoms with van der Waals surface area (Å²) in [6.07, 6.45) is 2.48. The van der Waals surface area contributed by atoms with E-state index in [-0.39, 0.29) is 5.91 Å². The van der Waals surface area contributed by atoms with Crippen molar-refractivity contribution in [2.45, 2.75) is 40.0 Å². The van der Waals surface area contributed by atoms with Crippen LogP contribution in [0.3, 0.4) is 0 Å². The monoisotopic (exact) mass is 305 g/mol. The Labute approximate surface area is 132 Å². The molecule has 6 heteroatoms. The maximum Gasteiger partial charge on any atom is 0.225 e. The quantitative estimate of drug-likeness (QED) is 0.901. The normalized spacial score (nSPS) is 15.9. The summed E-state index contributed by atoms with van der Waals surface area (Å²) >= 11 is 0. The van der Waals surface area contributed by atoms with Crippen molar-refractivity contribution in [3.63, 3.8) is 0 Å². The number of piperazine rings is 1. The Morgan fingerprint density at radius 3 is 2.27 bits per heavy atom. The molecule has 0 unspecified atom stereocenters. The minimum absolute atomic E-state index is 0.0454. The summed E-state index contributed by atoms with van der Waals surface area (Å²) < 4.78 is 0. The topological polar surface area (TPSA) is 61.4 Å². The van der Waals surface area contributed by atoms with Crippen LogP contribution < -0.4 is 10.2 Å². The standard InChI is InChI=1S/C16H27N5O/c1-5-6-7-14(22)19-15-12(2)17-16(18-13(15)3)21-10-8-20(4)9-11-21/h5-11H2,1-4H3,(H,19,22). The van der Waals surface area contributed by atoms with Crippen molar-refractivity contribution in [1.29, 1.82) is 0 Å². The van der Waals surface area contributed by atoms with Gasteiger partial charge in [0.25, 0.3) is 0 Å². The molecule has 0 aliphatic carbocycles. The molecule has 0 radical (unpaired) electrons. The molecule has 1 aliphatic rings. The van der Waals surface area contributed by atoms with Gasteiger partial charge in [-0.2, -0.15) is 0 Å². The summed E-state index contributed by atoms with van der Waals surface area (Å²) in [7, 11) is 2.13. The molecule has 6 nitrogen and oxygen atoms in total. The Morgan fingerprint density at radius 2 is 1.73 bits per heavy atom. The molecule has 1 N–H and O–H groups in total. The number of hydrogen-bond acceptors (Lipinski definition) is 5. The van der Waals surface area contributed by atoms with Crippen LogP contribution in [0.1, 0.15) is 37.6 Å². The second-order valence-electron chi connectivity index (χ2n) is 6.01. The Kier molecular flexibility index (Phi) is 5.71. The van der Waals surface area contributed by atoms with Gasteiger partial charge in [-0.1, -0.05) is 13.3 Å². The molecule has 22 heavy (non-hydrogen) atoms. The van der Waals surface area contributed by atoms with Crippen LogP contribution in [0.2, 0.25) is 0 Å². The lowest BCUT2D eigenvalue weighted by Gasteiger charge is -2.32. The van der Waals surface area contributed by atoms with Crippen molar-refractivity contribution < 1.29 is 4.79 Å². The fraction of sp³-hybridized carbons (Fsp3) is 0.688. The van der Waals surface area contributed by atoms with E-state index < -0.39 is 0 Å². The van der Waals surface area contributed by atoms with Gasteiger partial charge in [0.1, 0.15) is 0 Å². The number of likely N-dealkylation sites (N-methyl/N-ethyl adjacent to an activating group) is 1. The molecule has 2 rings (SSSR count). The highest BCUT2D eigenvalue weighted by Gasteiger charge is 2.19. The van der Waals surface area contributed by atoms with Gasteiger partial charge in [-0.25, -0.2) is 9.97 Å². The van der Waals surface area contributed by atoms with E-state index in [4.69, 9.17) is 0 Å². The molecule has 1 fully saturated rings. The molecule has 0 spiro atoms. The van der Waals surface area contributed by atoms with Crippen molar-refractivity contribution in [2.75, 3.05) is 43.4 Å². The number of aromatic nitrogens is 2. The van der Waals surface area contributed by atoms with Crippen molar-refractivity contribution in [3.8, 4) is 0 Å². The van der Waals surface area contributed by atoms with E-state index in [1.165, 1.54) is 0 Å². The Bertz CT molecular complexity index is 500. The molecule has 1 aliphatic heterocycles. The highest BCUT2D eigenvalue weighted by atomic mass is 16.1. The van der Waals surface area contributed by atoms with Crippen LogP contribution in [0.25, 0.3) is 0 Å². The fourth-order valence-electron chi connectivity index (χ4n) is 2.57. The van der Waals surface area contributed by atoms with E-state index in [1.807, 2.05) is 13.8 Å². The zero-order valence-electron chi connectivity index (χ0n) is 14.1. The number of carbonyl (C=O) groups excluding carboxylic acids is 1. The average molecular weight is 305 g/mol. The van der Waals surface area contributed by atoms with Gasteiger partial charge in [-0.05, 0) is 27.3 Å². The number of hydrogen-bond donors (Lipinski definition) is 1. The lowest BCUT2D eigenvalue weighted by molar-refractivity contribution is -0.116. The first kappa shape index (κ1) is 16.7. The Morgan fingerprint density at radius 1 is 1.14 bits per heavy atom. The summed E-state index contributed by atoms with van der Waals surface area (Å²) in [5.74, 6) is 0.818. The zero-order valence-corrected chi connectivity index (χ0v) is 14.1. The first-order chi connectivity index (χ1) is 10.5. The van der Waals surface area contributed by atoms with E-state index >= 15 is 0 Å². The predicted molar refractivity (Wildman–Crippen MR) is 89.4 cm³/mol. The van der Waals surface area contributed by atoms with Crippen LogP contribution >= 0.6 is 0 Å². The number of carbonyl (C=O) groups is 1. The summed E-state index contributed by atoms with van der Waals surface area (Å²) in [4.78, 5) is 25.6. The SMILES string of the molecule is CCCCC(=O)Nc1c(C)nc(N2CCN(C)CC2)nc1C. The minimum Gasteiger partial charge on any atom is -0.338 e. The Balaban J connectivity index is 2.09. The third-order valence-corrected chi connectivity index (χ3v) is 4.07. The summed E-state index contributed by atoms with van der Waals surface area (Å²) in [5, 5.41) is 2.96. The lowest BCUT2D eigenvalue weighted by atomic mass is 10.2. The van der Waals surface area contributed by atoms with Crippen molar-refractivity contribution in [2.24, 2.45) is 0 Å². The zero-order chi connectivity index (χ0) is 16.1. The third kappa shape index (κ3) is 4.16. The smallest absolute Gasteiger partial charge is 0.225 e. The molecular weight excluding hydrogens is 278 g/mol. The minimum atomic E-state index is 0.0454. The molecule has 0 aromatic carbocycles. The molecular formula is C16H27N5O. The van der Waals surface area contributed by atoms with Crippen LogP contribution in [-0.2, 0) is 4.79 Å². The average Bonchev–Trinajstić information content (AvgIpc) is 2.49. The molecule has 1 amide bonds. The molecule has 0 saturated carbocycles. The van der Waals surface area contributed by atoms with Crippen molar-refractivity contribution in [1.82, 2.24) is 14.9 Å². The van der Waals surface area contributed by atoms with Gasteiger partial charge in [0.05, 0.1) is 17.1 Å². The van der Waals surface area contributed by atoms with Crippen molar-refractivity contribution >= 4 is 17.5 Å². The van der Waals surface area contributed by atoms with Gasteiger partial charge >= 0.3 is 0 Å². The molecule has 1 saturated heterocycles. The van der Waals surface area contributed by atoms with Crippen LogP contribution in [0.5, 0.6) is 0 Å². The van der Waals surface area contributed by atoms with E-state index in [2.05, 4.69) is 39.1 Å². The third-order valence-electron chi connectivity index (χ3n) is 4.07. The lowest BCUT2D eigenvalue weighted by Crippen LogP contribution is -2.45. The van der Waals surface area contributed by atoms with E-state index in [1.54, 1.807) is 0 Å². The van der Waals surface area contributed by atoms with E-state index in [9.17, 15) is 4.79 Å². The van der Waals surface area contributed by atoms with Crippen molar-refractivity contribution in [3.05, 3.63) is 11.4 Å². The Hall–Kier alpha value is -1.69. The number of nitrogens with one attached hydrogen (secondary N) is 1. The number of unbranched alkanes of at least 4 members (excludes halogenated alkanes) is 1. The second-order valence-corrected chi connectivity index (χ2v) is 6.01. The highest BCUT2D eigenvalue weighted by Crippen LogP contribution is 2.21. The summed E-state index contributed by atoms with van der Waals surface area (Å²) in [6.45, 7) is 9.88. The van der Waals surface area contributed by atoms with Crippen LogP contribution in [0, 0.1) is 13.8 Å². The molecule has 1 aromatic heterocycles. The number of nitrogens with zero attached hydrogens (tertiary/aromatic N) is 4. The molecule has 1 aromatic rings. The fourth-order valence-corrected chi connectivity index (χ4v) is 2.57. The van der Waals surface area contributed by atoms with Gasteiger partial charge in [0, 0.05) is 32.6 Å². The maximum absolute atomic E-state index is 11.9. The van der Waals surface area contributed by atoms with Crippen LogP contribution in [0.15, 0.2) is 0 Å². The highest BCUT2D eigenvalue weighted by molar-refractivity contribution is 5.91. The number of amides is 1. The summed E-state index contributed by atoms with van der Waals surface area (Å²) in [6, 6.07) is 0. The van der Waals surface area contributed by atoms with Gasteiger partial charge in [-0.15, -0.1) is 0 Å². The van der Waals surface area contributed by atoms with E-state index in [0.29, 0.717) is 6.42 Å². The largest absolute Gasteiger partial charge is 0.338 e. The summed E-state index contributed by atoms with van der Waals surface area (Å²) in [5.41, 5.74) is 2.44. The van der Waals surface area contributed by atoms with E-state index in [0.717, 1.165) is 62.0 Å². The molecule has 0 bridgehead atoms. The number of rotatable bonds is 5. The van der Waals surface area contributed by atoms with Gasteiger partial charge < -0.3 is 15.1 Å². The number of aryl methyl sites for hydroxylation is 2. The molecule has 2 heterocycles. The first-order valence-electron chi connectivity index (χ1n) is 8.09. The molecule has 122 valence electrons. The van der Waals surface area contributed by atoms with Gasteiger partial charge in [0.2, 0.25) is 11.9 Å². The first-order valence-corrected chi connectivity index (χ1v) is 8.09. The molecule has 0 atom stereocenters. The maximum atomic E-state index is 11.9. The van der Waals surface area contributed by atoms with Gasteiger partial charge in [0.15, 0.2) is 0 Å².